The molecule has 0 aromatic rings. The standard InChI is InChI=1S/C18H33N/c1-2-3-4-5-6-7-8-9-10-11-12-13-14-15-16-17-18-19/h16-17H,2-15H2,1H3/b17-16+. The van der Waals surface area contributed by atoms with Gasteiger partial charge in [0.25, 0.3) is 0 Å². The first kappa shape index (κ1) is 18.2. The van der Waals surface area contributed by atoms with E-state index in [9.17, 15) is 0 Å². The molecule has 1 nitrogen and oxygen atoms in total. The van der Waals surface area contributed by atoms with Gasteiger partial charge in [0.2, 0.25) is 0 Å². The molecule has 0 saturated heterocycles. The Morgan fingerprint density at radius 1 is 0.684 bits per heavy atom. The van der Waals surface area contributed by atoms with Gasteiger partial charge >= 0.3 is 0 Å². The molecule has 0 amide bonds. The van der Waals surface area contributed by atoms with E-state index in [1.165, 1.54) is 83.5 Å². The third-order valence-corrected chi connectivity index (χ3v) is 3.67. The Morgan fingerprint density at radius 2 is 1.11 bits per heavy atom. The minimum atomic E-state index is 1.07. The zero-order valence-electron chi connectivity index (χ0n) is 13.0. The average molecular weight is 263 g/mol. The molecule has 0 aliphatic carbocycles. The highest BCUT2D eigenvalue weighted by molar-refractivity contribution is 5.01. The van der Waals surface area contributed by atoms with Crippen LogP contribution < -0.4 is 0 Å². The highest BCUT2D eigenvalue weighted by atomic mass is 14.2. The Kier molecular flexibility index (Phi) is 16.5. The summed E-state index contributed by atoms with van der Waals surface area (Å²) in [5, 5.41) is 8.33. The fourth-order valence-corrected chi connectivity index (χ4v) is 2.42. The number of nitriles is 1. The van der Waals surface area contributed by atoms with Crippen LogP contribution in [-0.2, 0) is 0 Å². The van der Waals surface area contributed by atoms with Crippen molar-refractivity contribution < 1.29 is 0 Å². The van der Waals surface area contributed by atoms with Gasteiger partial charge in [-0.25, -0.2) is 0 Å². The molecule has 0 heterocycles. The molecule has 0 bridgehead atoms. The van der Waals surface area contributed by atoms with Crippen LogP contribution >= 0.6 is 0 Å². The Hall–Kier alpha value is -0.770. The maximum atomic E-state index is 8.33. The van der Waals surface area contributed by atoms with Crippen molar-refractivity contribution in [2.24, 2.45) is 0 Å². The molecular formula is C18H33N. The van der Waals surface area contributed by atoms with E-state index in [-0.39, 0.29) is 0 Å². The Morgan fingerprint density at radius 3 is 1.53 bits per heavy atom. The summed E-state index contributed by atoms with van der Waals surface area (Å²) in [5.74, 6) is 0. The SMILES string of the molecule is CCCCCCCCCCCCCCC/C=C/C#N. The molecule has 19 heavy (non-hydrogen) atoms. The molecular weight excluding hydrogens is 230 g/mol. The second-order valence-electron chi connectivity index (χ2n) is 5.56. The van der Waals surface area contributed by atoms with Crippen molar-refractivity contribution in [3.63, 3.8) is 0 Å². The number of allylic oxidation sites excluding steroid dienone is 2. The van der Waals surface area contributed by atoms with Crippen LogP contribution in [0.2, 0.25) is 0 Å². The van der Waals surface area contributed by atoms with Crippen LogP contribution in [0.4, 0.5) is 0 Å². The Balaban J connectivity index is 2.95. The summed E-state index contributed by atoms with van der Waals surface area (Å²) in [4.78, 5) is 0. The molecule has 0 rings (SSSR count). The van der Waals surface area contributed by atoms with Gasteiger partial charge in [0.05, 0.1) is 6.07 Å². The van der Waals surface area contributed by atoms with E-state index in [4.69, 9.17) is 5.26 Å². The molecule has 0 unspecified atom stereocenters. The lowest BCUT2D eigenvalue weighted by atomic mass is 10.0. The summed E-state index contributed by atoms with van der Waals surface area (Å²) in [6.45, 7) is 2.28. The lowest BCUT2D eigenvalue weighted by Gasteiger charge is -2.02. The lowest BCUT2D eigenvalue weighted by Crippen LogP contribution is -1.82. The fourth-order valence-electron chi connectivity index (χ4n) is 2.42. The minimum absolute atomic E-state index is 1.07. The predicted octanol–water partition coefficient (Wildman–Crippen LogP) is 6.55. The number of nitrogens with zero attached hydrogens (tertiary/aromatic N) is 1. The van der Waals surface area contributed by atoms with E-state index >= 15 is 0 Å². The third-order valence-electron chi connectivity index (χ3n) is 3.67. The fraction of sp³-hybridized carbons (Fsp3) is 0.833. The smallest absolute Gasteiger partial charge is 0.0908 e. The van der Waals surface area contributed by atoms with Crippen LogP contribution in [0, 0.1) is 11.3 Å². The summed E-state index contributed by atoms with van der Waals surface area (Å²) in [7, 11) is 0. The van der Waals surface area contributed by atoms with Crippen LogP contribution in [0.15, 0.2) is 12.2 Å². The minimum Gasteiger partial charge on any atom is -0.193 e. The van der Waals surface area contributed by atoms with Crippen molar-refractivity contribution in [1.29, 1.82) is 5.26 Å². The third kappa shape index (κ3) is 17.2. The molecule has 0 N–H and O–H groups in total. The second-order valence-corrected chi connectivity index (χ2v) is 5.56. The number of rotatable bonds is 14. The van der Waals surface area contributed by atoms with E-state index < -0.39 is 0 Å². The predicted molar refractivity (Wildman–Crippen MR) is 85.1 cm³/mol. The van der Waals surface area contributed by atoms with Crippen LogP contribution in [0.1, 0.15) is 96.8 Å². The zero-order chi connectivity index (χ0) is 14.0. The highest BCUT2D eigenvalue weighted by Crippen LogP contribution is 2.12. The van der Waals surface area contributed by atoms with E-state index in [1.54, 1.807) is 6.08 Å². The van der Waals surface area contributed by atoms with Crippen molar-refractivity contribution in [3.05, 3.63) is 12.2 Å². The monoisotopic (exact) mass is 263 g/mol. The van der Waals surface area contributed by atoms with Gasteiger partial charge in [-0.15, -0.1) is 0 Å². The molecule has 0 saturated carbocycles. The summed E-state index contributed by atoms with van der Waals surface area (Å²) < 4.78 is 0. The molecule has 0 spiro atoms. The molecule has 0 radical (unpaired) electrons. The molecule has 0 aliphatic heterocycles. The van der Waals surface area contributed by atoms with E-state index in [0.29, 0.717) is 0 Å². The first-order valence-electron chi connectivity index (χ1n) is 8.46. The van der Waals surface area contributed by atoms with Gasteiger partial charge in [-0.2, -0.15) is 5.26 Å². The molecule has 1 heteroatoms. The first-order valence-corrected chi connectivity index (χ1v) is 8.46. The zero-order valence-corrected chi connectivity index (χ0v) is 13.0. The van der Waals surface area contributed by atoms with Gasteiger partial charge in [0, 0.05) is 6.08 Å². The number of hydrogen-bond acceptors (Lipinski definition) is 1. The summed E-state index contributed by atoms with van der Waals surface area (Å²) in [6.07, 6.45) is 22.9. The molecule has 0 aliphatic rings. The van der Waals surface area contributed by atoms with E-state index in [1.807, 2.05) is 12.1 Å². The lowest BCUT2D eigenvalue weighted by molar-refractivity contribution is 0.540. The molecule has 0 atom stereocenters. The van der Waals surface area contributed by atoms with Crippen molar-refractivity contribution in [2.45, 2.75) is 96.8 Å². The Labute approximate surface area is 121 Å². The first-order chi connectivity index (χ1) is 9.41. The quantitative estimate of drug-likeness (QED) is 0.257. The second kappa shape index (κ2) is 17.2. The molecule has 0 aromatic carbocycles. The molecule has 0 fully saturated rings. The number of hydrogen-bond donors (Lipinski definition) is 0. The van der Waals surface area contributed by atoms with E-state index in [2.05, 4.69) is 6.92 Å². The summed E-state index contributed by atoms with van der Waals surface area (Å²) in [5.41, 5.74) is 0. The van der Waals surface area contributed by atoms with Gasteiger partial charge in [-0.05, 0) is 12.8 Å². The van der Waals surface area contributed by atoms with Crippen molar-refractivity contribution in [2.75, 3.05) is 0 Å². The summed E-state index contributed by atoms with van der Waals surface area (Å²) >= 11 is 0. The van der Waals surface area contributed by atoms with Crippen LogP contribution in [0.5, 0.6) is 0 Å². The van der Waals surface area contributed by atoms with Gasteiger partial charge in [0.1, 0.15) is 0 Å². The maximum Gasteiger partial charge on any atom is 0.0908 e. The molecule has 0 aromatic heterocycles. The largest absolute Gasteiger partial charge is 0.193 e. The van der Waals surface area contributed by atoms with Crippen molar-refractivity contribution >= 4 is 0 Å². The summed E-state index contributed by atoms with van der Waals surface area (Å²) in [6, 6.07) is 2.03. The molecule has 110 valence electrons. The average Bonchev–Trinajstić information content (AvgIpc) is 2.43. The van der Waals surface area contributed by atoms with Crippen LogP contribution in [0.25, 0.3) is 0 Å². The topological polar surface area (TPSA) is 23.8 Å². The number of unbranched alkanes of at least 4 members (excludes halogenated alkanes) is 13. The van der Waals surface area contributed by atoms with Crippen LogP contribution in [0.3, 0.4) is 0 Å². The van der Waals surface area contributed by atoms with E-state index in [0.717, 1.165) is 6.42 Å². The van der Waals surface area contributed by atoms with Gasteiger partial charge in [-0.3, -0.25) is 0 Å². The maximum absolute atomic E-state index is 8.33. The van der Waals surface area contributed by atoms with Gasteiger partial charge in [-0.1, -0.05) is 90.0 Å². The Bertz CT molecular complexity index is 224. The normalized spacial score (nSPS) is 10.9. The van der Waals surface area contributed by atoms with Crippen LogP contribution in [-0.4, -0.2) is 0 Å². The van der Waals surface area contributed by atoms with Gasteiger partial charge < -0.3 is 0 Å². The van der Waals surface area contributed by atoms with Gasteiger partial charge in [0.15, 0.2) is 0 Å². The van der Waals surface area contributed by atoms with Crippen molar-refractivity contribution in [1.82, 2.24) is 0 Å². The highest BCUT2D eigenvalue weighted by Gasteiger charge is 1.93. The van der Waals surface area contributed by atoms with Crippen molar-refractivity contribution in [3.8, 4) is 6.07 Å².